The van der Waals surface area contributed by atoms with Crippen LogP contribution in [0.2, 0.25) is 0 Å². The van der Waals surface area contributed by atoms with Crippen LogP contribution in [-0.2, 0) is 19.6 Å². The molecule has 1 aromatic carbocycles. The third kappa shape index (κ3) is 2.34. The molecule has 1 N–H and O–H groups in total. The number of nitrogens with zero attached hydrogens (tertiary/aromatic N) is 3. The van der Waals surface area contributed by atoms with Gasteiger partial charge in [-0.2, -0.15) is 4.98 Å². The van der Waals surface area contributed by atoms with E-state index in [0.29, 0.717) is 30.4 Å². The molecule has 3 rings (SSSR count). The number of aryl methyl sites for hydroxylation is 1. The van der Waals surface area contributed by atoms with E-state index in [-0.39, 0.29) is 0 Å². The van der Waals surface area contributed by atoms with Crippen LogP contribution in [0.25, 0.3) is 0 Å². The van der Waals surface area contributed by atoms with E-state index in [4.69, 9.17) is 9.63 Å². The molecule has 0 unspecified atom stereocenters. The molecular formula is C13H13N3O3. The van der Waals surface area contributed by atoms with E-state index in [2.05, 4.69) is 15.0 Å². The van der Waals surface area contributed by atoms with Crippen LogP contribution in [0, 0.1) is 6.92 Å². The SMILES string of the molecule is Cc1nc(CN2Cc3ccc(C(=O)O)cc3C2)no1. The molecule has 2 aromatic rings. The van der Waals surface area contributed by atoms with Crippen LogP contribution in [-0.4, -0.2) is 26.1 Å². The smallest absolute Gasteiger partial charge is 0.335 e. The van der Waals surface area contributed by atoms with Gasteiger partial charge < -0.3 is 9.63 Å². The van der Waals surface area contributed by atoms with E-state index >= 15 is 0 Å². The first-order chi connectivity index (χ1) is 9.11. The fraction of sp³-hybridized carbons (Fsp3) is 0.308. The maximum Gasteiger partial charge on any atom is 0.335 e. The molecule has 0 amide bonds. The van der Waals surface area contributed by atoms with E-state index < -0.39 is 5.97 Å². The number of aromatic carboxylic acids is 1. The average molecular weight is 259 g/mol. The van der Waals surface area contributed by atoms with Crippen molar-refractivity contribution in [1.29, 1.82) is 0 Å². The maximum absolute atomic E-state index is 10.9. The highest BCUT2D eigenvalue weighted by molar-refractivity contribution is 5.87. The van der Waals surface area contributed by atoms with Gasteiger partial charge in [-0.1, -0.05) is 11.2 Å². The molecule has 0 fully saturated rings. The van der Waals surface area contributed by atoms with Crippen molar-refractivity contribution in [2.24, 2.45) is 0 Å². The molecular weight excluding hydrogens is 246 g/mol. The number of fused-ring (bicyclic) bond motifs is 1. The van der Waals surface area contributed by atoms with E-state index in [9.17, 15) is 4.79 Å². The zero-order valence-corrected chi connectivity index (χ0v) is 10.5. The molecule has 6 heteroatoms. The van der Waals surface area contributed by atoms with Crippen molar-refractivity contribution in [2.75, 3.05) is 0 Å². The zero-order chi connectivity index (χ0) is 13.4. The second-order valence-corrected chi connectivity index (χ2v) is 4.66. The molecule has 0 aliphatic carbocycles. The van der Waals surface area contributed by atoms with Gasteiger partial charge >= 0.3 is 5.97 Å². The first-order valence-corrected chi connectivity index (χ1v) is 5.98. The Morgan fingerprint density at radius 1 is 1.42 bits per heavy atom. The van der Waals surface area contributed by atoms with Gasteiger partial charge in [0.15, 0.2) is 5.82 Å². The highest BCUT2D eigenvalue weighted by Gasteiger charge is 2.21. The van der Waals surface area contributed by atoms with E-state index in [0.717, 1.165) is 17.7 Å². The lowest BCUT2D eigenvalue weighted by atomic mass is 10.1. The highest BCUT2D eigenvalue weighted by Crippen LogP contribution is 2.24. The molecule has 0 saturated heterocycles. The number of carboxylic acid groups (broad SMARTS) is 1. The summed E-state index contributed by atoms with van der Waals surface area (Å²) in [6.07, 6.45) is 0. The van der Waals surface area contributed by atoms with Gasteiger partial charge in [-0.25, -0.2) is 4.79 Å². The van der Waals surface area contributed by atoms with Crippen LogP contribution >= 0.6 is 0 Å². The number of hydrogen-bond acceptors (Lipinski definition) is 5. The number of hydrogen-bond donors (Lipinski definition) is 1. The van der Waals surface area contributed by atoms with Gasteiger partial charge in [-0.3, -0.25) is 4.90 Å². The summed E-state index contributed by atoms with van der Waals surface area (Å²) in [6.45, 7) is 3.86. The average Bonchev–Trinajstić information content (AvgIpc) is 2.94. The summed E-state index contributed by atoms with van der Waals surface area (Å²) in [4.78, 5) is 17.3. The zero-order valence-electron chi connectivity index (χ0n) is 10.5. The minimum Gasteiger partial charge on any atom is -0.478 e. The Balaban J connectivity index is 1.75. The van der Waals surface area contributed by atoms with Crippen LogP contribution in [0.3, 0.4) is 0 Å². The van der Waals surface area contributed by atoms with Crippen molar-refractivity contribution < 1.29 is 14.4 Å². The van der Waals surface area contributed by atoms with Gasteiger partial charge in [0.1, 0.15) is 0 Å². The lowest BCUT2D eigenvalue weighted by Gasteiger charge is -2.10. The fourth-order valence-corrected chi connectivity index (χ4v) is 2.32. The lowest BCUT2D eigenvalue weighted by Crippen LogP contribution is -2.16. The molecule has 6 nitrogen and oxygen atoms in total. The van der Waals surface area contributed by atoms with Crippen molar-refractivity contribution in [3.63, 3.8) is 0 Å². The molecule has 19 heavy (non-hydrogen) atoms. The van der Waals surface area contributed by atoms with Crippen molar-refractivity contribution in [3.8, 4) is 0 Å². The Morgan fingerprint density at radius 2 is 2.21 bits per heavy atom. The first kappa shape index (κ1) is 11.9. The molecule has 0 spiro atoms. The summed E-state index contributed by atoms with van der Waals surface area (Å²) in [7, 11) is 0. The van der Waals surface area contributed by atoms with Crippen molar-refractivity contribution in [3.05, 3.63) is 46.6 Å². The van der Waals surface area contributed by atoms with Gasteiger partial charge in [-0.05, 0) is 23.3 Å². The van der Waals surface area contributed by atoms with Crippen molar-refractivity contribution >= 4 is 5.97 Å². The Hall–Kier alpha value is -2.21. The number of carboxylic acids is 1. The predicted molar refractivity (Wildman–Crippen MR) is 65.4 cm³/mol. The molecule has 1 aliphatic rings. The molecule has 0 radical (unpaired) electrons. The van der Waals surface area contributed by atoms with Gasteiger partial charge in [-0.15, -0.1) is 0 Å². The standard InChI is InChI=1S/C13H13N3O3/c1-8-14-12(15-19-8)7-16-5-10-3-2-9(13(17)18)4-11(10)6-16/h2-4H,5-7H2,1H3,(H,17,18). The maximum atomic E-state index is 10.9. The molecule has 0 bridgehead atoms. The van der Waals surface area contributed by atoms with Crippen LogP contribution in [0.15, 0.2) is 22.7 Å². The molecule has 0 saturated carbocycles. The summed E-state index contributed by atoms with van der Waals surface area (Å²) in [6, 6.07) is 5.25. The highest BCUT2D eigenvalue weighted by atomic mass is 16.5. The summed E-state index contributed by atoms with van der Waals surface area (Å²) in [5.41, 5.74) is 2.54. The number of rotatable bonds is 3. The largest absolute Gasteiger partial charge is 0.478 e. The Morgan fingerprint density at radius 3 is 2.89 bits per heavy atom. The van der Waals surface area contributed by atoms with Gasteiger partial charge in [0.05, 0.1) is 12.1 Å². The van der Waals surface area contributed by atoms with E-state index in [1.807, 2.05) is 6.07 Å². The molecule has 1 aromatic heterocycles. The molecule has 2 heterocycles. The van der Waals surface area contributed by atoms with Crippen LogP contribution in [0.4, 0.5) is 0 Å². The van der Waals surface area contributed by atoms with Crippen LogP contribution in [0.5, 0.6) is 0 Å². The fourth-order valence-electron chi connectivity index (χ4n) is 2.32. The van der Waals surface area contributed by atoms with Crippen molar-refractivity contribution in [2.45, 2.75) is 26.6 Å². The monoisotopic (exact) mass is 259 g/mol. The minimum absolute atomic E-state index is 0.330. The summed E-state index contributed by atoms with van der Waals surface area (Å²) in [5, 5.41) is 12.8. The van der Waals surface area contributed by atoms with E-state index in [1.165, 1.54) is 0 Å². The lowest BCUT2D eigenvalue weighted by molar-refractivity contribution is 0.0696. The second-order valence-electron chi connectivity index (χ2n) is 4.66. The number of aromatic nitrogens is 2. The molecule has 1 aliphatic heterocycles. The molecule has 0 atom stereocenters. The molecule has 98 valence electrons. The van der Waals surface area contributed by atoms with Gasteiger partial charge in [0.25, 0.3) is 0 Å². The normalized spacial score (nSPS) is 14.6. The number of benzene rings is 1. The van der Waals surface area contributed by atoms with Crippen LogP contribution < -0.4 is 0 Å². The third-order valence-electron chi connectivity index (χ3n) is 3.18. The Bertz CT molecular complexity index is 636. The predicted octanol–water partition coefficient (Wildman–Crippen LogP) is 1.59. The summed E-state index contributed by atoms with van der Waals surface area (Å²) < 4.78 is 4.94. The minimum atomic E-state index is -0.893. The topological polar surface area (TPSA) is 79.5 Å². The Labute approximate surface area is 109 Å². The quantitative estimate of drug-likeness (QED) is 0.901. The summed E-state index contributed by atoms with van der Waals surface area (Å²) in [5.74, 6) is 0.318. The summed E-state index contributed by atoms with van der Waals surface area (Å²) >= 11 is 0. The number of carbonyl (C=O) groups is 1. The van der Waals surface area contributed by atoms with Gasteiger partial charge in [0.2, 0.25) is 5.89 Å². The second kappa shape index (κ2) is 4.47. The van der Waals surface area contributed by atoms with Crippen molar-refractivity contribution in [1.82, 2.24) is 15.0 Å². The third-order valence-corrected chi connectivity index (χ3v) is 3.18. The first-order valence-electron chi connectivity index (χ1n) is 5.98. The van der Waals surface area contributed by atoms with Gasteiger partial charge in [0, 0.05) is 20.0 Å². The Kier molecular flexibility index (Phi) is 2.79. The van der Waals surface area contributed by atoms with E-state index in [1.54, 1.807) is 19.1 Å². The van der Waals surface area contributed by atoms with Crippen LogP contribution in [0.1, 0.15) is 33.2 Å².